The number of sulfonamides is 1. The molecule has 0 amide bonds. The Morgan fingerprint density at radius 1 is 1.29 bits per heavy atom. The number of nitrogens with zero attached hydrogens (tertiary/aromatic N) is 1. The van der Waals surface area contributed by atoms with E-state index >= 15 is 0 Å². The fraction of sp³-hybridized carbons (Fsp3) is 0.545. The predicted octanol–water partition coefficient (Wildman–Crippen LogP) is 2.46. The van der Waals surface area contributed by atoms with E-state index in [-0.39, 0.29) is 5.75 Å². The Hall–Kier alpha value is -0.810. The molecule has 1 aromatic heterocycles. The van der Waals surface area contributed by atoms with Crippen molar-refractivity contribution < 1.29 is 8.42 Å². The summed E-state index contributed by atoms with van der Waals surface area (Å²) in [5, 5.41) is 0. The Bertz CT molecular complexity index is 454. The first-order chi connectivity index (χ1) is 7.93. The van der Waals surface area contributed by atoms with E-state index in [1.165, 1.54) is 0 Å². The molecule has 17 heavy (non-hydrogen) atoms. The van der Waals surface area contributed by atoms with E-state index in [2.05, 4.69) is 9.71 Å². The molecular weight excluding hydrogens is 260 g/mol. The summed E-state index contributed by atoms with van der Waals surface area (Å²) >= 11 is 5.50. The molecule has 0 atom stereocenters. The standard InChI is InChI=1S/C11H17ClN2O2S/c1-9-7-10(2)13-11(8-9)14-17(15,16)6-4-3-5-12/h7-8H,3-6H2,1-2H3,(H,13,14). The number of rotatable bonds is 6. The zero-order valence-electron chi connectivity index (χ0n) is 10.0. The number of pyridine rings is 1. The molecule has 1 rings (SSSR count). The number of hydrogen-bond acceptors (Lipinski definition) is 3. The van der Waals surface area contributed by atoms with Crippen LogP contribution in [0.2, 0.25) is 0 Å². The third kappa shape index (κ3) is 5.37. The molecule has 0 radical (unpaired) electrons. The molecular formula is C11H17ClN2O2S. The van der Waals surface area contributed by atoms with Crippen molar-refractivity contribution in [3.05, 3.63) is 23.4 Å². The number of unbranched alkanes of at least 4 members (excludes halogenated alkanes) is 1. The number of aryl methyl sites for hydroxylation is 2. The minimum Gasteiger partial charge on any atom is -0.267 e. The zero-order valence-corrected chi connectivity index (χ0v) is 11.6. The van der Waals surface area contributed by atoms with Crippen molar-refractivity contribution in [2.45, 2.75) is 26.7 Å². The van der Waals surface area contributed by atoms with E-state index in [9.17, 15) is 8.42 Å². The number of nitrogens with one attached hydrogen (secondary N) is 1. The van der Waals surface area contributed by atoms with Gasteiger partial charge in [-0.25, -0.2) is 13.4 Å². The lowest BCUT2D eigenvalue weighted by Gasteiger charge is -2.08. The highest BCUT2D eigenvalue weighted by molar-refractivity contribution is 7.92. The molecule has 0 fully saturated rings. The molecule has 1 heterocycles. The van der Waals surface area contributed by atoms with Gasteiger partial charge in [0.05, 0.1) is 5.75 Å². The summed E-state index contributed by atoms with van der Waals surface area (Å²) in [6.45, 7) is 3.73. The molecule has 0 saturated heterocycles. The van der Waals surface area contributed by atoms with Gasteiger partial charge in [0.2, 0.25) is 10.0 Å². The van der Waals surface area contributed by atoms with Crippen LogP contribution in [0.1, 0.15) is 24.1 Å². The van der Waals surface area contributed by atoms with Crippen LogP contribution in [0.3, 0.4) is 0 Å². The molecule has 6 heteroatoms. The molecule has 0 aliphatic carbocycles. The average Bonchev–Trinajstić information content (AvgIpc) is 2.14. The number of aromatic nitrogens is 1. The highest BCUT2D eigenvalue weighted by Crippen LogP contribution is 2.11. The Labute approximate surface area is 107 Å². The molecule has 0 unspecified atom stereocenters. The molecule has 1 aromatic rings. The Balaban J connectivity index is 2.69. The summed E-state index contributed by atoms with van der Waals surface area (Å²) < 4.78 is 25.9. The van der Waals surface area contributed by atoms with Crippen LogP contribution in [-0.2, 0) is 10.0 Å². The van der Waals surface area contributed by atoms with Crippen molar-refractivity contribution in [1.82, 2.24) is 4.98 Å². The fourth-order valence-corrected chi connectivity index (χ4v) is 2.79. The molecule has 0 aliphatic rings. The van der Waals surface area contributed by atoms with Crippen LogP contribution in [0.15, 0.2) is 12.1 Å². The van der Waals surface area contributed by atoms with Gasteiger partial charge in [0, 0.05) is 11.6 Å². The molecule has 0 aliphatic heterocycles. The largest absolute Gasteiger partial charge is 0.267 e. The number of alkyl halides is 1. The van der Waals surface area contributed by atoms with Crippen molar-refractivity contribution in [3.63, 3.8) is 0 Å². The van der Waals surface area contributed by atoms with Crippen molar-refractivity contribution in [1.29, 1.82) is 0 Å². The van der Waals surface area contributed by atoms with E-state index < -0.39 is 10.0 Å². The van der Waals surface area contributed by atoms with E-state index in [1.54, 1.807) is 6.07 Å². The van der Waals surface area contributed by atoms with Crippen LogP contribution in [0, 0.1) is 13.8 Å². The lowest BCUT2D eigenvalue weighted by molar-refractivity contribution is 0.598. The number of anilines is 1. The molecule has 96 valence electrons. The van der Waals surface area contributed by atoms with Gasteiger partial charge in [0.25, 0.3) is 0 Å². The maximum Gasteiger partial charge on any atom is 0.233 e. The van der Waals surface area contributed by atoms with Crippen molar-refractivity contribution in [2.24, 2.45) is 0 Å². The van der Waals surface area contributed by atoms with Gasteiger partial charge >= 0.3 is 0 Å². The maximum absolute atomic E-state index is 11.7. The molecule has 0 spiro atoms. The lowest BCUT2D eigenvalue weighted by Crippen LogP contribution is -2.17. The van der Waals surface area contributed by atoms with Crippen LogP contribution in [-0.4, -0.2) is 25.0 Å². The smallest absolute Gasteiger partial charge is 0.233 e. The topological polar surface area (TPSA) is 59.1 Å². The first-order valence-corrected chi connectivity index (χ1v) is 7.63. The second kappa shape index (κ2) is 6.21. The molecule has 0 aromatic carbocycles. The summed E-state index contributed by atoms with van der Waals surface area (Å²) in [5.41, 5.74) is 1.78. The van der Waals surface area contributed by atoms with Gasteiger partial charge in [-0.05, 0) is 44.4 Å². The van der Waals surface area contributed by atoms with Gasteiger partial charge in [-0.1, -0.05) is 0 Å². The third-order valence-corrected chi connectivity index (χ3v) is 3.77. The predicted molar refractivity (Wildman–Crippen MR) is 71.1 cm³/mol. The SMILES string of the molecule is Cc1cc(C)nc(NS(=O)(=O)CCCCCl)c1. The van der Waals surface area contributed by atoms with E-state index in [0.29, 0.717) is 24.5 Å². The minimum absolute atomic E-state index is 0.0778. The highest BCUT2D eigenvalue weighted by Gasteiger charge is 2.11. The number of hydrogen-bond donors (Lipinski definition) is 1. The van der Waals surface area contributed by atoms with E-state index in [0.717, 1.165) is 11.3 Å². The van der Waals surface area contributed by atoms with Crippen LogP contribution >= 0.6 is 11.6 Å². The Kier molecular flexibility index (Phi) is 5.21. The lowest BCUT2D eigenvalue weighted by atomic mass is 10.2. The van der Waals surface area contributed by atoms with Crippen LogP contribution in [0.25, 0.3) is 0 Å². The third-order valence-electron chi connectivity index (χ3n) is 2.15. The molecule has 0 bridgehead atoms. The van der Waals surface area contributed by atoms with Crippen LogP contribution < -0.4 is 4.72 Å². The quantitative estimate of drug-likeness (QED) is 0.641. The average molecular weight is 277 g/mol. The maximum atomic E-state index is 11.7. The Morgan fingerprint density at radius 3 is 2.59 bits per heavy atom. The summed E-state index contributed by atoms with van der Waals surface area (Å²) in [6, 6.07) is 3.61. The number of halogens is 1. The fourth-order valence-electron chi connectivity index (χ4n) is 1.49. The molecule has 1 N–H and O–H groups in total. The zero-order chi connectivity index (χ0) is 12.9. The van der Waals surface area contributed by atoms with Crippen molar-refractivity contribution in [2.75, 3.05) is 16.4 Å². The van der Waals surface area contributed by atoms with Crippen molar-refractivity contribution >= 4 is 27.4 Å². The molecule has 4 nitrogen and oxygen atoms in total. The van der Waals surface area contributed by atoms with Gasteiger partial charge in [0.1, 0.15) is 5.82 Å². The monoisotopic (exact) mass is 276 g/mol. The van der Waals surface area contributed by atoms with Gasteiger partial charge in [-0.2, -0.15) is 0 Å². The van der Waals surface area contributed by atoms with Crippen LogP contribution in [0.4, 0.5) is 5.82 Å². The van der Waals surface area contributed by atoms with Gasteiger partial charge in [0.15, 0.2) is 0 Å². The van der Waals surface area contributed by atoms with Gasteiger partial charge < -0.3 is 0 Å². The minimum atomic E-state index is -3.31. The summed E-state index contributed by atoms with van der Waals surface area (Å²) in [4.78, 5) is 4.13. The molecule has 0 saturated carbocycles. The van der Waals surface area contributed by atoms with Gasteiger partial charge in [-0.15, -0.1) is 11.6 Å². The van der Waals surface area contributed by atoms with Crippen molar-refractivity contribution in [3.8, 4) is 0 Å². The summed E-state index contributed by atoms with van der Waals surface area (Å²) in [7, 11) is -3.31. The second-order valence-corrected chi connectivity index (χ2v) is 6.21. The second-order valence-electron chi connectivity index (χ2n) is 3.99. The van der Waals surface area contributed by atoms with Gasteiger partial charge in [-0.3, -0.25) is 4.72 Å². The van der Waals surface area contributed by atoms with E-state index in [4.69, 9.17) is 11.6 Å². The first kappa shape index (κ1) is 14.3. The normalized spacial score (nSPS) is 11.5. The summed E-state index contributed by atoms with van der Waals surface area (Å²) in [6.07, 6.45) is 1.26. The Morgan fingerprint density at radius 2 is 2.00 bits per heavy atom. The van der Waals surface area contributed by atoms with Crippen LogP contribution in [0.5, 0.6) is 0 Å². The summed E-state index contributed by atoms with van der Waals surface area (Å²) in [5.74, 6) is 0.944. The first-order valence-electron chi connectivity index (χ1n) is 5.45. The highest BCUT2D eigenvalue weighted by atomic mass is 35.5. The van der Waals surface area contributed by atoms with E-state index in [1.807, 2.05) is 19.9 Å².